The lowest BCUT2D eigenvalue weighted by Crippen LogP contribution is -2.36. The quantitative estimate of drug-likeness (QED) is 0.611. The van der Waals surface area contributed by atoms with Gasteiger partial charge in [-0.15, -0.1) is 0 Å². The molecule has 17 heavy (non-hydrogen) atoms. The van der Waals surface area contributed by atoms with Crippen molar-refractivity contribution in [2.75, 3.05) is 6.54 Å². The van der Waals surface area contributed by atoms with Gasteiger partial charge in [0.2, 0.25) is 0 Å². The molecule has 0 heterocycles. The van der Waals surface area contributed by atoms with Gasteiger partial charge in [-0.2, -0.15) is 0 Å². The van der Waals surface area contributed by atoms with Gasteiger partial charge < -0.3 is 5.32 Å². The van der Waals surface area contributed by atoms with Crippen molar-refractivity contribution in [2.45, 2.75) is 84.6 Å². The second-order valence-corrected chi connectivity index (χ2v) is 5.86. The minimum atomic E-state index is 0.810. The SMILES string of the molecule is CCCCC(CC)CC(NCC)C1CCCC1. The van der Waals surface area contributed by atoms with Gasteiger partial charge in [0.25, 0.3) is 0 Å². The Balaban J connectivity index is 2.39. The van der Waals surface area contributed by atoms with Gasteiger partial charge >= 0.3 is 0 Å². The van der Waals surface area contributed by atoms with Crippen LogP contribution < -0.4 is 5.32 Å². The van der Waals surface area contributed by atoms with E-state index in [0.29, 0.717) is 0 Å². The minimum absolute atomic E-state index is 0.810. The molecule has 1 heteroatoms. The summed E-state index contributed by atoms with van der Waals surface area (Å²) in [6.07, 6.45) is 12.9. The predicted octanol–water partition coefficient (Wildman–Crippen LogP) is 4.76. The number of rotatable bonds is 9. The molecule has 0 aromatic heterocycles. The molecule has 1 N–H and O–H groups in total. The van der Waals surface area contributed by atoms with Crippen LogP contribution in [0.15, 0.2) is 0 Å². The highest BCUT2D eigenvalue weighted by Crippen LogP contribution is 2.32. The van der Waals surface area contributed by atoms with Crippen molar-refractivity contribution in [1.29, 1.82) is 0 Å². The normalized spacial score (nSPS) is 20.6. The summed E-state index contributed by atoms with van der Waals surface area (Å²) >= 11 is 0. The lowest BCUT2D eigenvalue weighted by molar-refractivity contribution is 0.280. The Bertz CT molecular complexity index is 172. The Kier molecular flexibility index (Phi) is 7.92. The highest BCUT2D eigenvalue weighted by molar-refractivity contribution is 4.82. The highest BCUT2D eigenvalue weighted by atomic mass is 14.9. The van der Waals surface area contributed by atoms with Crippen LogP contribution in [0, 0.1) is 11.8 Å². The monoisotopic (exact) mass is 239 g/mol. The zero-order valence-corrected chi connectivity index (χ0v) is 12.3. The Morgan fingerprint density at radius 2 is 1.82 bits per heavy atom. The van der Waals surface area contributed by atoms with E-state index in [4.69, 9.17) is 0 Å². The predicted molar refractivity (Wildman–Crippen MR) is 77.3 cm³/mol. The van der Waals surface area contributed by atoms with Crippen molar-refractivity contribution in [2.24, 2.45) is 11.8 Å². The van der Waals surface area contributed by atoms with Crippen LogP contribution in [0.4, 0.5) is 0 Å². The molecular weight excluding hydrogens is 206 g/mol. The van der Waals surface area contributed by atoms with Crippen molar-refractivity contribution >= 4 is 0 Å². The molecule has 0 amide bonds. The van der Waals surface area contributed by atoms with Gasteiger partial charge in [0.1, 0.15) is 0 Å². The van der Waals surface area contributed by atoms with Gasteiger partial charge in [-0.1, -0.05) is 59.3 Å². The van der Waals surface area contributed by atoms with E-state index in [0.717, 1.165) is 24.4 Å². The lowest BCUT2D eigenvalue weighted by atomic mass is 9.85. The van der Waals surface area contributed by atoms with Crippen LogP contribution in [0.3, 0.4) is 0 Å². The molecule has 1 nitrogen and oxygen atoms in total. The van der Waals surface area contributed by atoms with E-state index >= 15 is 0 Å². The number of hydrogen-bond donors (Lipinski definition) is 1. The summed E-state index contributed by atoms with van der Waals surface area (Å²) < 4.78 is 0. The molecule has 0 aromatic carbocycles. The van der Waals surface area contributed by atoms with Crippen molar-refractivity contribution < 1.29 is 0 Å². The molecule has 1 saturated carbocycles. The second kappa shape index (κ2) is 8.97. The molecule has 0 saturated heterocycles. The lowest BCUT2D eigenvalue weighted by Gasteiger charge is -2.28. The zero-order chi connectivity index (χ0) is 12.5. The molecule has 0 aromatic rings. The second-order valence-electron chi connectivity index (χ2n) is 5.86. The molecule has 0 aliphatic heterocycles. The minimum Gasteiger partial charge on any atom is -0.314 e. The number of unbranched alkanes of at least 4 members (excludes halogenated alkanes) is 1. The zero-order valence-electron chi connectivity index (χ0n) is 12.3. The van der Waals surface area contributed by atoms with E-state index in [1.54, 1.807) is 0 Å². The van der Waals surface area contributed by atoms with Crippen LogP contribution in [0.25, 0.3) is 0 Å². The Labute approximate surface area is 109 Å². The van der Waals surface area contributed by atoms with Gasteiger partial charge in [0, 0.05) is 6.04 Å². The molecule has 0 radical (unpaired) electrons. The summed E-state index contributed by atoms with van der Waals surface area (Å²) in [5, 5.41) is 3.77. The van der Waals surface area contributed by atoms with Crippen molar-refractivity contribution in [1.82, 2.24) is 5.32 Å². The molecule has 1 aliphatic carbocycles. The third-order valence-electron chi connectivity index (χ3n) is 4.57. The molecule has 0 spiro atoms. The average molecular weight is 239 g/mol. The Morgan fingerprint density at radius 3 is 2.35 bits per heavy atom. The van der Waals surface area contributed by atoms with Crippen LogP contribution in [0.1, 0.15) is 78.6 Å². The maximum Gasteiger partial charge on any atom is 0.00978 e. The van der Waals surface area contributed by atoms with Gasteiger partial charge in [-0.25, -0.2) is 0 Å². The van der Waals surface area contributed by atoms with Crippen molar-refractivity contribution in [3.8, 4) is 0 Å². The summed E-state index contributed by atoms with van der Waals surface area (Å²) in [4.78, 5) is 0. The summed E-state index contributed by atoms with van der Waals surface area (Å²) in [5.41, 5.74) is 0. The summed E-state index contributed by atoms with van der Waals surface area (Å²) in [6.45, 7) is 8.09. The molecule has 1 aliphatic rings. The van der Waals surface area contributed by atoms with E-state index in [1.807, 2.05) is 0 Å². The van der Waals surface area contributed by atoms with Gasteiger partial charge in [-0.05, 0) is 37.6 Å². The number of nitrogens with one attached hydrogen (secondary N) is 1. The van der Waals surface area contributed by atoms with Crippen LogP contribution in [-0.4, -0.2) is 12.6 Å². The van der Waals surface area contributed by atoms with Crippen LogP contribution in [0.5, 0.6) is 0 Å². The first kappa shape index (κ1) is 15.0. The van der Waals surface area contributed by atoms with E-state index in [1.165, 1.54) is 57.8 Å². The molecular formula is C16H33N. The molecule has 1 rings (SSSR count). The Morgan fingerprint density at radius 1 is 1.12 bits per heavy atom. The fourth-order valence-electron chi connectivity index (χ4n) is 3.40. The van der Waals surface area contributed by atoms with Gasteiger partial charge in [-0.3, -0.25) is 0 Å². The van der Waals surface area contributed by atoms with Gasteiger partial charge in [0.05, 0.1) is 0 Å². The highest BCUT2D eigenvalue weighted by Gasteiger charge is 2.26. The Hall–Kier alpha value is -0.0400. The molecule has 2 unspecified atom stereocenters. The van der Waals surface area contributed by atoms with E-state index < -0.39 is 0 Å². The third-order valence-corrected chi connectivity index (χ3v) is 4.57. The first-order valence-corrected chi connectivity index (χ1v) is 8.05. The summed E-state index contributed by atoms with van der Waals surface area (Å²) in [6, 6.07) is 0.810. The van der Waals surface area contributed by atoms with Crippen LogP contribution >= 0.6 is 0 Å². The first-order valence-electron chi connectivity index (χ1n) is 8.05. The summed E-state index contributed by atoms with van der Waals surface area (Å²) in [7, 11) is 0. The van der Waals surface area contributed by atoms with Crippen LogP contribution in [0.2, 0.25) is 0 Å². The largest absolute Gasteiger partial charge is 0.314 e. The smallest absolute Gasteiger partial charge is 0.00978 e. The van der Waals surface area contributed by atoms with E-state index in [2.05, 4.69) is 26.1 Å². The van der Waals surface area contributed by atoms with E-state index in [9.17, 15) is 0 Å². The third kappa shape index (κ3) is 5.42. The molecule has 102 valence electrons. The molecule has 0 bridgehead atoms. The van der Waals surface area contributed by atoms with Crippen molar-refractivity contribution in [3.05, 3.63) is 0 Å². The topological polar surface area (TPSA) is 12.0 Å². The maximum absolute atomic E-state index is 3.77. The number of hydrogen-bond acceptors (Lipinski definition) is 1. The molecule has 1 fully saturated rings. The van der Waals surface area contributed by atoms with E-state index in [-0.39, 0.29) is 0 Å². The average Bonchev–Trinajstić information content (AvgIpc) is 2.87. The molecule has 2 atom stereocenters. The van der Waals surface area contributed by atoms with Crippen LogP contribution in [-0.2, 0) is 0 Å². The van der Waals surface area contributed by atoms with Crippen molar-refractivity contribution in [3.63, 3.8) is 0 Å². The maximum atomic E-state index is 3.77. The summed E-state index contributed by atoms with van der Waals surface area (Å²) in [5.74, 6) is 1.94. The first-order chi connectivity index (χ1) is 8.31. The fraction of sp³-hybridized carbons (Fsp3) is 1.00. The fourth-order valence-corrected chi connectivity index (χ4v) is 3.40. The standard InChI is InChI=1S/C16H33N/c1-4-7-10-14(5-2)13-16(17-6-3)15-11-8-9-12-15/h14-17H,4-13H2,1-3H3. The van der Waals surface area contributed by atoms with Gasteiger partial charge in [0.15, 0.2) is 0 Å².